The first-order valence-corrected chi connectivity index (χ1v) is 12.2. The lowest BCUT2D eigenvalue weighted by molar-refractivity contribution is -0.157. The van der Waals surface area contributed by atoms with E-state index in [0.29, 0.717) is 23.7 Å². The van der Waals surface area contributed by atoms with Gasteiger partial charge in [-0.15, -0.1) is 0 Å². The smallest absolute Gasteiger partial charge is 0.337 e. The van der Waals surface area contributed by atoms with Crippen molar-refractivity contribution in [1.29, 1.82) is 0 Å². The lowest BCUT2D eigenvalue weighted by Gasteiger charge is -2.48. The Hall–Kier alpha value is -3.79. The SMILES string of the molecule is COc1cc(NC(=O)CN2NC3N(Cc4ccccc4)C(=O)C4CCCCC4N3C2=O)cc(OC)c1. The monoisotopic (exact) mass is 493 g/mol. The van der Waals surface area contributed by atoms with Crippen LogP contribution < -0.4 is 20.2 Å². The van der Waals surface area contributed by atoms with Gasteiger partial charge < -0.3 is 19.7 Å². The maximum absolute atomic E-state index is 13.5. The van der Waals surface area contributed by atoms with Gasteiger partial charge in [0.2, 0.25) is 11.8 Å². The molecule has 0 spiro atoms. The summed E-state index contributed by atoms with van der Waals surface area (Å²) < 4.78 is 10.5. The highest BCUT2D eigenvalue weighted by Crippen LogP contribution is 2.38. The second kappa shape index (κ2) is 10.1. The van der Waals surface area contributed by atoms with Crippen molar-refractivity contribution in [3.05, 3.63) is 54.1 Å². The highest BCUT2D eigenvalue weighted by Gasteiger charge is 2.54. The number of anilines is 1. The van der Waals surface area contributed by atoms with Crippen LogP contribution in [-0.2, 0) is 16.1 Å². The summed E-state index contributed by atoms with van der Waals surface area (Å²) >= 11 is 0. The van der Waals surface area contributed by atoms with E-state index < -0.39 is 6.29 Å². The van der Waals surface area contributed by atoms with E-state index in [2.05, 4.69) is 10.7 Å². The van der Waals surface area contributed by atoms with E-state index in [1.807, 2.05) is 30.3 Å². The van der Waals surface area contributed by atoms with Gasteiger partial charge in [0.05, 0.1) is 20.1 Å². The third-order valence-corrected chi connectivity index (χ3v) is 7.10. The maximum Gasteiger partial charge on any atom is 0.337 e. The highest BCUT2D eigenvalue weighted by molar-refractivity contribution is 5.95. The van der Waals surface area contributed by atoms with Gasteiger partial charge in [0.1, 0.15) is 18.0 Å². The number of carbonyl (C=O) groups is 3. The number of ether oxygens (including phenoxy) is 2. The molecule has 2 aromatic rings. The average molecular weight is 494 g/mol. The Morgan fingerprint density at radius 1 is 1.03 bits per heavy atom. The molecule has 3 unspecified atom stereocenters. The zero-order valence-corrected chi connectivity index (χ0v) is 20.5. The van der Waals surface area contributed by atoms with Crippen LogP contribution in [0, 0.1) is 5.92 Å². The fraction of sp³-hybridized carbons (Fsp3) is 0.423. The Labute approximate surface area is 210 Å². The Kier molecular flexibility index (Phi) is 6.69. The van der Waals surface area contributed by atoms with Crippen molar-refractivity contribution < 1.29 is 23.9 Å². The quantitative estimate of drug-likeness (QED) is 0.615. The van der Waals surface area contributed by atoms with Gasteiger partial charge >= 0.3 is 6.03 Å². The molecule has 10 heteroatoms. The Morgan fingerprint density at radius 3 is 2.42 bits per heavy atom. The predicted octanol–water partition coefficient (Wildman–Crippen LogP) is 2.77. The molecule has 0 aromatic heterocycles. The summed E-state index contributed by atoms with van der Waals surface area (Å²) in [5.41, 5.74) is 4.62. The molecule has 190 valence electrons. The van der Waals surface area contributed by atoms with Crippen molar-refractivity contribution in [2.24, 2.45) is 5.92 Å². The van der Waals surface area contributed by atoms with Gasteiger partial charge in [-0.2, -0.15) is 5.43 Å². The van der Waals surface area contributed by atoms with Gasteiger partial charge in [-0.3, -0.25) is 14.5 Å². The average Bonchev–Trinajstić information content (AvgIpc) is 3.22. The first kappa shape index (κ1) is 23.9. The molecule has 2 N–H and O–H groups in total. The minimum absolute atomic E-state index is 0.0554. The van der Waals surface area contributed by atoms with Crippen LogP contribution in [-0.4, -0.2) is 65.8 Å². The molecule has 2 aromatic carbocycles. The van der Waals surface area contributed by atoms with Crippen molar-refractivity contribution in [2.45, 2.75) is 44.6 Å². The van der Waals surface area contributed by atoms with E-state index in [4.69, 9.17) is 9.47 Å². The Bertz CT molecular complexity index is 1120. The van der Waals surface area contributed by atoms with Crippen LogP contribution in [0.3, 0.4) is 0 Å². The lowest BCUT2D eigenvalue weighted by Crippen LogP contribution is -2.65. The molecule has 3 atom stereocenters. The molecule has 2 heterocycles. The molecule has 0 radical (unpaired) electrons. The van der Waals surface area contributed by atoms with Gasteiger partial charge in [-0.25, -0.2) is 9.80 Å². The highest BCUT2D eigenvalue weighted by atomic mass is 16.5. The van der Waals surface area contributed by atoms with Crippen molar-refractivity contribution >= 4 is 23.5 Å². The van der Waals surface area contributed by atoms with Crippen molar-refractivity contribution in [3.8, 4) is 11.5 Å². The fourth-order valence-electron chi connectivity index (χ4n) is 5.39. The number of hydrogen-bond acceptors (Lipinski definition) is 6. The van der Waals surface area contributed by atoms with E-state index in [-0.39, 0.29) is 36.3 Å². The molecule has 36 heavy (non-hydrogen) atoms. The minimum atomic E-state index is -0.630. The third-order valence-electron chi connectivity index (χ3n) is 7.10. The number of fused-ring (bicyclic) bond motifs is 3. The summed E-state index contributed by atoms with van der Waals surface area (Å²) in [5.74, 6) is 0.528. The Morgan fingerprint density at radius 2 is 1.72 bits per heavy atom. The summed E-state index contributed by atoms with van der Waals surface area (Å²) in [4.78, 5) is 43.4. The second-order valence-corrected chi connectivity index (χ2v) is 9.34. The van der Waals surface area contributed by atoms with E-state index in [0.717, 1.165) is 31.2 Å². The van der Waals surface area contributed by atoms with Gasteiger partial charge in [0.25, 0.3) is 0 Å². The fourth-order valence-corrected chi connectivity index (χ4v) is 5.39. The molecular weight excluding hydrogens is 462 g/mol. The number of rotatable bonds is 7. The molecule has 0 bridgehead atoms. The molecule has 4 amide bonds. The van der Waals surface area contributed by atoms with Crippen LogP contribution in [0.25, 0.3) is 0 Å². The molecule has 10 nitrogen and oxygen atoms in total. The summed E-state index contributed by atoms with van der Waals surface area (Å²) in [6, 6.07) is 14.3. The number of nitrogens with one attached hydrogen (secondary N) is 2. The normalized spacial score (nSPS) is 23.3. The summed E-state index contributed by atoms with van der Waals surface area (Å²) in [6.07, 6.45) is 2.87. The standard InChI is InChI=1S/C26H31N5O5/c1-35-19-12-18(13-20(14-19)36-2)27-23(32)16-30-26(34)31-22-11-7-6-10-21(22)24(33)29(25(31)28-30)15-17-8-4-3-5-9-17/h3-5,8-9,12-14,21-22,25,28H,6-7,10-11,15-16H2,1-2H3,(H,27,32). The van der Waals surface area contributed by atoms with Crippen LogP contribution in [0.15, 0.2) is 48.5 Å². The van der Waals surface area contributed by atoms with Gasteiger partial charge in [0, 0.05) is 36.5 Å². The second-order valence-electron chi connectivity index (χ2n) is 9.34. The number of methoxy groups -OCH3 is 2. The molecule has 3 fully saturated rings. The first-order chi connectivity index (χ1) is 17.5. The molecule has 3 aliphatic rings. The van der Waals surface area contributed by atoms with Crippen molar-refractivity contribution in [1.82, 2.24) is 20.2 Å². The number of carbonyl (C=O) groups excluding carboxylic acids is 3. The van der Waals surface area contributed by atoms with Crippen molar-refractivity contribution in [3.63, 3.8) is 0 Å². The van der Waals surface area contributed by atoms with Crippen molar-refractivity contribution in [2.75, 3.05) is 26.1 Å². The zero-order valence-electron chi connectivity index (χ0n) is 20.5. The van der Waals surface area contributed by atoms with Gasteiger partial charge in [0.15, 0.2) is 6.29 Å². The van der Waals surface area contributed by atoms with Gasteiger partial charge in [-0.05, 0) is 18.4 Å². The number of benzene rings is 2. The van der Waals surface area contributed by atoms with E-state index in [9.17, 15) is 14.4 Å². The van der Waals surface area contributed by atoms with Crippen LogP contribution in [0.2, 0.25) is 0 Å². The molecule has 1 aliphatic carbocycles. The number of amides is 4. The largest absolute Gasteiger partial charge is 0.497 e. The maximum atomic E-state index is 13.5. The Balaban J connectivity index is 1.35. The molecule has 2 saturated heterocycles. The zero-order chi connectivity index (χ0) is 25.2. The van der Waals surface area contributed by atoms with Crippen LogP contribution in [0.1, 0.15) is 31.2 Å². The molecular formula is C26H31N5O5. The topological polar surface area (TPSA) is 103 Å². The molecule has 5 rings (SSSR count). The first-order valence-electron chi connectivity index (χ1n) is 12.2. The van der Waals surface area contributed by atoms with Crippen LogP contribution in [0.5, 0.6) is 11.5 Å². The minimum Gasteiger partial charge on any atom is -0.497 e. The van der Waals surface area contributed by atoms with Crippen LogP contribution in [0.4, 0.5) is 10.5 Å². The lowest BCUT2D eigenvalue weighted by atomic mass is 9.81. The van der Waals surface area contributed by atoms with Crippen LogP contribution >= 0.6 is 0 Å². The van der Waals surface area contributed by atoms with Gasteiger partial charge in [-0.1, -0.05) is 43.2 Å². The third kappa shape index (κ3) is 4.56. The summed E-state index contributed by atoms with van der Waals surface area (Å²) in [7, 11) is 3.06. The van der Waals surface area contributed by atoms with E-state index in [1.54, 1.807) is 28.0 Å². The van der Waals surface area contributed by atoms with E-state index >= 15 is 0 Å². The molecule has 2 aliphatic heterocycles. The number of nitrogens with zero attached hydrogens (tertiary/aromatic N) is 3. The predicted molar refractivity (Wildman–Crippen MR) is 132 cm³/mol. The number of hydrazine groups is 1. The molecule has 1 saturated carbocycles. The summed E-state index contributed by atoms with van der Waals surface area (Å²) in [5, 5.41) is 4.11. The number of hydrogen-bond donors (Lipinski definition) is 2. The van der Waals surface area contributed by atoms with E-state index in [1.165, 1.54) is 19.2 Å². The summed E-state index contributed by atoms with van der Waals surface area (Å²) in [6.45, 7) is 0.171. The number of urea groups is 1.